The summed E-state index contributed by atoms with van der Waals surface area (Å²) in [5, 5.41) is 3.07. The van der Waals surface area contributed by atoms with Gasteiger partial charge in [-0.15, -0.1) is 11.3 Å². The Morgan fingerprint density at radius 1 is 1.30 bits per heavy atom. The minimum absolute atomic E-state index is 0.257. The predicted octanol–water partition coefficient (Wildman–Crippen LogP) is 2.57. The zero-order valence-electron chi connectivity index (χ0n) is 12.2. The van der Waals surface area contributed by atoms with Crippen LogP contribution in [-0.4, -0.2) is 31.9 Å². The van der Waals surface area contributed by atoms with Gasteiger partial charge in [-0.2, -0.15) is 0 Å². The van der Waals surface area contributed by atoms with Crippen LogP contribution < -0.4 is 10.1 Å². The van der Waals surface area contributed by atoms with Crippen LogP contribution in [-0.2, 0) is 16.0 Å². The fraction of sp³-hybridized carbons (Fsp3) is 0.538. The number of ether oxygens (including phenoxy) is 3. The van der Waals surface area contributed by atoms with Crippen molar-refractivity contribution in [1.29, 1.82) is 0 Å². The summed E-state index contributed by atoms with van der Waals surface area (Å²) < 4.78 is 14.9. The highest BCUT2D eigenvalue weighted by atomic mass is 32.1. The normalized spacial score (nSPS) is 10.8. The first-order chi connectivity index (χ1) is 9.26. The summed E-state index contributed by atoms with van der Waals surface area (Å²) in [5.41, 5.74) is -0.199. The van der Waals surface area contributed by atoms with E-state index in [1.54, 1.807) is 26.8 Å². The summed E-state index contributed by atoms with van der Waals surface area (Å²) in [5.74, 6) is -0.471. The van der Waals surface area contributed by atoms with E-state index in [4.69, 9.17) is 9.47 Å². The highest BCUT2D eigenvalue weighted by molar-refractivity contribution is 7.14. The van der Waals surface area contributed by atoms with Crippen LogP contribution in [0.4, 0.5) is 4.79 Å². The van der Waals surface area contributed by atoms with Crippen molar-refractivity contribution in [3.8, 4) is 5.06 Å². The van der Waals surface area contributed by atoms with Crippen molar-refractivity contribution in [1.82, 2.24) is 5.32 Å². The third-order valence-electron chi connectivity index (χ3n) is 2.15. The van der Waals surface area contributed by atoms with Gasteiger partial charge >= 0.3 is 12.1 Å². The Hall–Kier alpha value is -1.76. The third-order valence-corrected chi connectivity index (χ3v) is 3.24. The molecule has 20 heavy (non-hydrogen) atoms. The highest BCUT2D eigenvalue weighted by Crippen LogP contribution is 2.30. The molecule has 0 saturated heterocycles. The number of rotatable bonds is 4. The zero-order valence-corrected chi connectivity index (χ0v) is 13.1. The summed E-state index contributed by atoms with van der Waals surface area (Å²) in [6.07, 6.45) is -0.510. The fourth-order valence-corrected chi connectivity index (χ4v) is 2.28. The molecule has 0 fully saturated rings. The van der Waals surface area contributed by atoms with Crippen molar-refractivity contribution in [2.75, 3.05) is 14.2 Å². The number of nitrogens with one attached hydrogen (secondary N) is 1. The molecule has 0 radical (unpaired) electrons. The molecule has 1 rings (SSSR count). The number of hydrogen-bond acceptors (Lipinski definition) is 6. The van der Waals surface area contributed by atoms with E-state index in [-0.39, 0.29) is 6.54 Å². The smallest absolute Gasteiger partial charge is 0.407 e. The van der Waals surface area contributed by atoms with E-state index in [1.807, 2.05) is 0 Å². The Bertz CT molecular complexity index is 489. The second-order valence-electron chi connectivity index (χ2n) is 4.96. The molecule has 0 spiro atoms. The average molecular weight is 301 g/mol. The molecule has 0 aliphatic rings. The summed E-state index contributed by atoms with van der Waals surface area (Å²) in [6, 6.07) is 1.63. The monoisotopic (exact) mass is 301 g/mol. The number of carbonyl (C=O) groups is 2. The van der Waals surface area contributed by atoms with E-state index < -0.39 is 17.7 Å². The minimum atomic E-state index is -0.547. The number of hydrogen-bond donors (Lipinski definition) is 1. The molecule has 0 bridgehead atoms. The number of carbonyl (C=O) groups excluding carboxylic acids is 2. The first-order valence-electron chi connectivity index (χ1n) is 5.98. The van der Waals surface area contributed by atoms with E-state index in [0.29, 0.717) is 10.6 Å². The molecule has 1 aromatic heterocycles. The molecule has 0 atom stereocenters. The van der Waals surface area contributed by atoms with Gasteiger partial charge in [0.25, 0.3) is 0 Å². The van der Waals surface area contributed by atoms with E-state index in [9.17, 15) is 9.59 Å². The van der Waals surface area contributed by atoms with Gasteiger partial charge in [-0.05, 0) is 26.8 Å². The lowest BCUT2D eigenvalue weighted by Crippen LogP contribution is -2.31. The molecule has 112 valence electrons. The van der Waals surface area contributed by atoms with Crippen LogP contribution in [0.1, 0.15) is 36.0 Å². The Morgan fingerprint density at radius 3 is 2.45 bits per heavy atom. The Morgan fingerprint density at radius 2 is 1.95 bits per heavy atom. The Kier molecular flexibility index (Phi) is 5.38. The van der Waals surface area contributed by atoms with E-state index in [0.717, 1.165) is 4.88 Å². The molecule has 7 heteroatoms. The number of alkyl carbamates (subject to hydrolysis) is 1. The van der Waals surface area contributed by atoms with Crippen LogP contribution in [0.3, 0.4) is 0 Å². The molecule has 6 nitrogen and oxygen atoms in total. The van der Waals surface area contributed by atoms with E-state index >= 15 is 0 Å². The van der Waals surface area contributed by atoms with Crippen molar-refractivity contribution in [3.05, 3.63) is 16.5 Å². The van der Waals surface area contributed by atoms with Crippen LogP contribution in [0.2, 0.25) is 0 Å². The van der Waals surface area contributed by atoms with Gasteiger partial charge in [-0.3, -0.25) is 0 Å². The van der Waals surface area contributed by atoms with Gasteiger partial charge in [-0.25, -0.2) is 9.59 Å². The SMILES string of the molecule is COC(=O)c1cc(CNC(=O)OC(C)(C)C)sc1OC. The standard InChI is InChI=1S/C13H19NO5S/c1-13(2,3)19-12(16)14-7-8-6-9(10(15)17-4)11(18-5)20-8/h6H,7H2,1-5H3,(H,14,16). The quantitative estimate of drug-likeness (QED) is 0.865. The Balaban J connectivity index is 2.67. The lowest BCUT2D eigenvalue weighted by atomic mass is 10.2. The van der Waals surface area contributed by atoms with Crippen LogP contribution in [0.25, 0.3) is 0 Å². The molecule has 0 aliphatic carbocycles. The van der Waals surface area contributed by atoms with Crippen molar-refractivity contribution in [2.45, 2.75) is 32.9 Å². The molecule has 1 amide bonds. The minimum Gasteiger partial charge on any atom is -0.487 e. The molecule has 1 N–H and O–H groups in total. The van der Waals surface area contributed by atoms with E-state index in [1.165, 1.54) is 25.6 Å². The van der Waals surface area contributed by atoms with Gasteiger partial charge in [0, 0.05) is 4.88 Å². The van der Waals surface area contributed by atoms with Gasteiger partial charge in [0.05, 0.1) is 20.8 Å². The maximum Gasteiger partial charge on any atom is 0.407 e. The van der Waals surface area contributed by atoms with Crippen LogP contribution in [0, 0.1) is 0 Å². The van der Waals surface area contributed by atoms with Crippen LogP contribution >= 0.6 is 11.3 Å². The zero-order chi connectivity index (χ0) is 15.3. The molecule has 0 saturated carbocycles. The summed E-state index contributed by atoms with van der Waals surface area (Å²) >= 11 is 1.27. The molecule has 0 aliphatic heterocycles. The Labute approximate surface area is 122 Å². The van der Waals surface area contributed by atoms with Crippen molar-refractivity contribution in [3.63, 3.8) is 0 Å². The topological polar surface area (TPSA) is 73.9 Å². The maximum absolute atomic E-state index is 11.5. The number of thiophene rings is 1. The maximum atomic E-state index is 11.5. The first-order valence-corrected chi connectivity index (χ1v) is 6.80. The van der Waals surface area contributed by atoms with Gasteiger partial charge in [0.15, 0.2) is 5.06 Å². The summed E-state index contributed by atoms with van der Waals surface area (Å²) in [4.78, 5) is 23.8. The van der Waals surface area contributed by atoms with Gasteiger partial charge < -0.3 is 19.5 Å². The van der Waals surface area contributed by atoms with Crippen molar-refractivity contribution in [2.24, 2.45) is 0 Å². The van der Waals surface area contributed by atoms with E-state index in [2.05, 4.69) is 10.1 Å². The lowest BCUT2D eigenvalue weighted by Gasteiger charge is -2.19. The third kappa shape index (κ3) is 4.73. The predicted molar refractivity (Wildman–Crippen MR) is 75.3 cm³/mol. The average Bonchev–Trinajstić information content (AvgIpc) is 2.76. The number of methoxy groups -OCH3 is 2. The second-order valence-corrected chi connectivity index (χ2v) is 6.06. The van der Waals surface area contributed by atoms with Crippen molar-refractivity contribution < 1.29 is 23.8 Å². The van der Waals surface area contributed by atoms with Gasteiger partial charge in [-0.1, -0.05) is 0 Å². The number of esters is 1. The summed E-state index contributed by atoms with van der Waals surface area (Å²) in [6.45, 7) is 5.62. The molecular formula is C13H19NO5S. The second kappa shape index (κ2) is 6.60. The van der Waals surface area contributed by atoms with Gasteiger partial charge in [0.2, 0.25) is 0 Å². The van der Waals surface area contributed by atoms with Crippen molar-refractivity contribution >= 4 is 23.4 Å². The number of amides is 1. The highest BCUT2D eigenvalue weighted by Gasteiger charge is 2.19. The first kappa shape index (κ1) is 16.3. The van der Waals surface area contributed by atoms with Crippen LogP contribution in [0.15, 0.2) is 6.07 Å². The molecule has 0 aromatic carbocycles. The molecule has 1 heterocycles. The fourth-order valence-electron chi connectivity index (χ4n) is 1.39. The molecule has 1 aromatic rings. The van der Waals surface area contributed by atoms with Gasteiger partial charge in [0.1, 0.15) is 11.2 Å². The largest absolute Gasteiger partial charge is 0.487 e. The molecule has 0 unspecified atom stereocenters. The molecular weight excluding hydrogens is 282 g/mol. The summed E-state index contributed by atoms with van der Waals surface area (Å²) in [7, 11) is 2.78. The van der Waals surface area contributed by atoms with Crippen LogP contribution in [0.5, 0.6) is 5.06 Å². The lowest BCUT2D eigenvalue weighted by molar-refractivity contribution is 0.0523.